The van der Waals surface area contributed by atoms with Crippen molar-refractivity contribution in [1.29, 1.82) is 0 Å². The molecule has 0 radical (unpaired) electrons. The molecule has 0 atom stereocenters. The normalized spacial score (nSPS) is 15.7. The highest BCUT2D eigenvalue weighted by Crippen LogP contribution is 2.35. The topological polar surface area (TPSA) is 111 Å². The molecule has 7 nitrogen and oxygen atoms in total. The van der Waals surface area contributed by atoms with Gasteiger partial charge in [-0.15, -0.1) is 12.4 Å². The van der Waals surface area contributed by atoms with E-state index in [1.807, 2.05) is 19.1 Å². The molecule has 1 aliphatic rings. The molecule has 1 saturated carbocycles. The lowest BCUT2D eigenvalue weighted by molar-refractivity contribution is 0.372. The van der Waals surface area contributed by atoms with Gasteiger partial charge >= 0.3 is 0 Å². The summed E-state index contributed by atoms with van der Waals surface area (Å²) in [7, 11) is -3.69. The fraction of sp³-hybridized carbons (Fsp3) is 0.300. The summed E-state index contributed by atoms with van der Waals surface area (Å²) in [5, 5.41) is 4.04. The molecule has 0 aliphatic heterocycles. The third-order valence-electron chi connectivity index (χ3n) is 5.17. The maximum Gasteiger partial charge on any atom is 0.261 e. The molecular formula is C20H23ClN4O3S. The van der Waals surface area contributed by atoms with Crippen LogP contribution in [0, 0.1) is 6.92 Å². The number of halogens is 1. The monoisotopic (exact) mass is 434 g/mol. The predicted molar refractivity (Wildman–Crippen MR) is 113 cm³/mol. The lowest BCUT2D eigenvalue weighted by Gasteiger charge is -2.17. The first-order valence-corrected chi connectivity index (χ1v) is 10.7. The minimum Gasteiger partial charge on any atom is -0.334 e. The van der Waals surface area contributed by atoms with Crippen molar-refractivity contribution >= 4 is 28.1 Å². The number of nitrogens with zero attached hydrogens (tertiary/aromatic N) is 2. The number of rotatable bonds is 5. The second-order valence-electron chi connectivity index (χ2n) is 7.23. The highest BCUT2D eigenvalue weighted by Gasteiger charge is 2.36. The molecule has 0 saturated heterocycles. The molecule has 0 amide bonds. The Morgan fingerprint density at radius 2 is 1.72 bits per heavy atom. The third kappa shape index (κ3) is 4.29. The summed E-state index contributed by atoms with van der Waals surface area (Å²) in [6.07, 6.45) is 3.79. The van der Waals surface area contributed by atoms with E-state index < -0.39 is 15.6 Å². The largest absolute Gasteiger partial charge is 0.334 e. The molecule has 1 heterocycles. The van der Waals surface area contributed by atoms with E-state index in [1.54, 1.807) is 24.3 Å². The average molecular weight is 435 g/mol. The van der Waals surface area contributed by atoms with Crippen LogP contribution in [0.25, 0.3) is 11.5 Å². The van der Waals surface area contributed by atoms with E-state index in [9.17, 15) is 8.42 Å². The number of hydrogen-bond donors (Lipinski definition) is 2. The first kappa shape index (κ1) is 21.3. The Labute approximate surface area is 176 Å². The summed E-state index contributed by atoms with van der Waals surface area (Å²) in [5.74, 6) is 0.848. The van der Waals surface area contributed by atoms with Gasteiger partial charge < -0.3 is 10.3 Å². The van der Waals surface area contributed by atoms with Crippen LogP contribution in [0.5, 0.6) is 0 Å². The zero-order chi connectivity index (χ0) is 19.8. The lowest BCUT2D eigenvalue weighted by atomic mass is 9.99. The van der Waals surface area contributed by atoms with Crippen LogP contribution in [0.2, 0.25) is 0 Å². The van der Waals surface area contributed by atoms with E-state index in [1.165, 1.54) is 12.1 Å². The van der Waals surface area contributed by atoms with Gasteiger partial charge in [0.25, 0.3) is 15.9 Å². The van der Waals surface area contributed by atoms with E-state index in [-0.39, 0.29) is 17.3 Å². The van der Waals surface area contributed by atoms with Crippen LogP contribution >= 0.6 is 12.4 Å². The maximum atomic E-state index is 12.6. The number of sulfonamides is 1. The van der Waals surface area contributed by atoms with Gasteiger partial charge in [0, 0.05) is 5.56 Å². The Morgan fingerprint density at radius 3 is 2.38 bits per heavy atom. The van der Waals surface area contributed by atoms with E-state index in [0.717, 1.165) is 31.2 Å². The van der Waals surface area contributed by atoms with E-state index >= 15 is 0 Å². The van der Waals surface area contributed by atoms with Gasteiger partial charge in [-0.05, 0) is 55.7 Å². The summed E-state index contributed by atoms with van der Waals surface area (Å²) >= 11 is 0. The van der Waals surface area contributed by atoms with Crippen LogP contribution in [0.15, 0.2) is 57.9 Å². The molecule has 3 aromatic rings. The molecule has 29 heavy (non-hydrogen) atoms. The van der Waals surface area contributed by atoms with Crippen molar-refractivity contribution in [1.82, 2.24) is 10.1 Å². The summed E-state index contributed by atoms with van der Waals surface area (Å²) in [5.41, 5.74) is 7.89. The fourth-order valence-corrected chi connectivity index (χ4v) is 4.57. The number of para-hydroxylation sites is 1. The highest BCUT2D eigenvalue weighted by atomic mass is 35.5. The molecule has 0 spiro atoms. The van der Waals surface area contributed by atoms with Crippen LogP contribution in [0.4, 0.5) is 5.69 Å². The van der Waals surface area contributed by atoms with Gasteiger partial charge in [-0.2, -0.15) is 4.98 Å². The van der Waals surface area contributed by atoms with E-state index in [4.69, 9.17) is 10.3 Å². The van der Waals surface area contributed by atoms with E-state index in [0.29, 0.717) is 23.0 Å². The molecule has 2 aromatic carbocycles. The minimum atomic E-state index is -3.69. The molecule has 0 bridgehead atoms. The quantitative estimate of drug-likeness (QED) is 0.627. The van der Waals surface area contributed by atoms with Crippen molar-refractivity contribution in [2.45, 2.75) is 43.0 Å². The summed E-state index contributed by atoms with van der Waals surface area (Å²) < 4.78 is 33.3. The van der Waals surface area contributed by atoms with Crippen LogP contribution in [0.1, 0.15) is 37.1 Å². The molecule has 1 aliphatic carbocycles. The molecule has 0 unspecified atom stereocenters. The fourth-order valence-electron chi connectivity index (χ4n) is 3.44. The summed E-state index contributed by atoms with van der Waals surface area (Å²) in [4.78, 5) is 4.60. The molecule has 1 aromatic heterocycles. The molecule has 9 heteroatoms. The Kier molecular flexibility index (Phi) is 5.97. The first-order valence-electron chi connectivity index (χ1n) is 9.19. The molecule has 1 fully saturated rings. The van der Waals surface area contributed by atoms with Crippen molar-refractivity contribution in [3.63, 3.8) is 0 Å². The Balaban J connectivity index is 0.00000240. The van der Waals surface area contributed by atoms with Gasteiger partial charge in [-0.1, -0.05) is 36.2 Å². The minimum absolute atomic E-state index is 0. The Bertz CT molecular complexity index is 1090. The highest BCUT2D eigenvalue weighted by molar-refractivity contribution is 7.92. The number of nitrogens with one attached hydrogen (secondary N) is 1. The zero-order valence-electron chi connectivity index (χ0n) is 16.0. The van der Waals surface area contributed by atoms with Crippen molar-refractivity contribution in [3.8, 4) is 11.5 Å². The standard InChI is InChI=1S/C20H22N4O3S.ClH/c1-14-6-2-3-7-17(14)24-28(25,26)16-10-8-15(9-11-16)18-22-19(23-27-18)20(21)12-4-5-13-20;/h2-3,6-11,24H,4-5,12-13,21H2,1H3;1H. The zero-order valence-corrected chi connectivity index (χ0v) is 17.6. The lowest BCUT2D eigenvalue weighted by Crippen LogP contribution is -2.34. The van der Waals surface area contributed by atoms with Gasteiger partial charge in [0.2, 0.25) is 0 Å². The van der Waals surface area contributed by atoms with E-state index in [2.05, 4.69) is 14.9 Å². The van der Waals surface area contributed by atoms with Gasteiger partial charge in [0.15, 0.2) is 5.82 Å². The number of aromatic nitrogens is 2. The number of anilines is 1. The number of nitrogens with two attached hydrogens (primary N) is 1. The van der Waals surface area contributed by atoms with Crippen LogP contribution < -0.4 is 10.5 Å². The van der Waals surface area contributed by atoms with Gasteiger partial charge in [0.1, 0.15) is 0 Å². The molecule has 4 rings (SSSR count). The van der Waals surface area contributed by atoms with Crippen molar-refractivity contribution in [3.05, 3.63) is 59.9 Å². The van der Waals surface area contributed by atoms with Crippen molar-refractivity contribution in [2.24, 2.45) is 5.73 Å². The first-order chi connectivity index (χ1) is 13.4. The van der Waals surface area contributed by atoms with Crippen LogP contribution in [-0.2, 0) is 15.6 Å². The molecule has 154 valence electrons. The van der Waals surface area contributed by atoms with Crippen molar-refractivity contribution < 1.29 is 12.9 Å². The van der Waals surface area contributed by atoms with Gasteiger partial charge in [0.05, 0.1) is 16.1 Å². The summed E-state index contributed by atoms with van der Waals surface area (Å²) in [6, 6.07) is 13.6. The number of aryl methyl sites for hydroxylation is 1. The van der Waals surface area contributed by atoms with Gasteiger partial charge in [-0.3, -0.25) is 4.72 Å². The maximum absolute atomic E-state index is 12.6. The Morgan fingerprint density at radius 1 is 1.07 bits per heavy atom. The second kappa shape index (κ2) is 8.14. The van der Waals surface area contributed by atoms with Crippen LogP contribution in [-0.4, -0.2) is 18.6 Å². The number of benzene rings is 2. The predicted octanol–water partition coefficient (Wildman–Crippen LogP) is 4.00. The molecule has 3 N–H and O–H groups in total. The molecular weight excluding hydrogens is 412 g/mol. The Hall–Kier alpha value is -2.42. The average Bonchev–Trinajstić information content (AvgIpc) is 3.34. The van der Waals surface area contributed by atoms with Crippen LogP contribution in [0.3, 0.4) is 0 Å². The SMILES string of the molecule is Cc1ccccc1NS(=O)(=O)c1ccc(-c2nc(C3(N)CCCC3)no2)cc1.Cl. The number of hydrogen-bond acceptors (Lipinski definition) is 6. The third-order valence-corrected chi connectivity index (χ3v) is 6.55. The summed E-state index contributed by atoms with van der Waals surface area (Å²) in [6.45, 7) is 1.85. The smallest absolute Gasteiger partial charge is 0.261 e. The van der Waals surface area contributed by atoms with Crippen molar-refractivity contribution in [2.75, 3.05) is 4.72 Å². The van der Waals surface area contributed by atoms with Gasteiger partial charge in [-0.25, -0.2) is 8.42 Å². The second-order valence-corrected chi connectivity index (χ2v) is 8.91.